The third kappa shape index (κ3) is 23.3. The number of rotatable bonds is 14. The summed E-state index contributed by atoms with van der Waals surface area (Å²) in [5.41, 5.74) is 0. The second-order valence-electron chi connectivity index (χ2n) is 5.33. The van der Waals surface area contributed by atoms with Crippen LogP contribution in [0.1, 0.15) is 77.6 Å². The molecule has 0 rings (SSSR count). The van der Waals surface area contributed by atoms with Crippen LogP contribution in [0.4, 0.5) is 0 Å². The van der Waals surface area contributed by atoms with Crippen molar-refractivity contribution in [3.05, 3.63) is 0 Å². The predicted octanol–water partition coefficient (Wildman–Crippen LogP) is -3.49. The van der Waals surface area contributed by atoms with Gasteiger partial charge in [-0.1, -0.05) is 71.1 Å². The third-order valence-electron chi connectivity index (χ3n) is 3.36. The molecule has 0 aliphatic carbocycles. The van der Waals surface area contributed by atoms with Crippen molar-refractivity contribution >= 4 is 7.82 Å². The number of hydrogen-bond donors (Lipinski definition) is 1. The molecule has 0 saturated heterocycles. The first-order valence-electron chi connectivity index (χ1n) is 7.81. The van der Waals surface area contributed by atoms with Gasteiger partial charge in [0, 0.05) is 0 Å². The monoisotopic (exact) mass is 386 g/mol. The molecule has 0 aromatic rings. The smallest absolute Gasteiger partial charge is 0.790 e. The first-order chi connectivity index (χ1) is 9.49. The predicted molar refractivity (Wildman–Crippen MR) is 76.0 cm³/mol. The average molecular weight is 387 g/mol. The van der Waals surface area contributed by atoms with Gasteiger partial charge in [0.15, 0.2) is 0 Å². The van der Waals surface area contributed by atoms with Crippen molar-refractivity contribution in [2.75, 3.05) is 6.61 Å². The average Bonchev–Trinajstić information content (AvgIpc) is 2.38. The standard InChI is InChI=1S/C14H31O5P.2K/c1-2-3-4-5-6-7-8-9-10-11-12-14(13-15)19-20(16,17)18;;/h14-15H,2-13H2,1H3,(H2,16,17,18);;/q;2*+1/p-2. The van der Waals surface area contributed by atoms with Crippen molar-refractivity contribution in [3.8, 4) is 0 Å². The third-order valence-corrected chi connectivity index (χ3v) is 3.92. The van der Waals surface area contributed by atoms with Gasteiger partial charge in [0.2, 0.25) is 0 Å². The molecule has 0 fully saturated rings. The van der Waals surface area contributed by atoms with E-state index in [0.717, 1.165) is 19.3 Å². The van der Waals surface area contributed by atoms with Crippen LogP contribution < -0.4 is 113 Å². The molecule has 1 unspecified atom stereocenters. The molecule has 5 nitrogen and oxygen atoms in total. The number of phosphoric ester groups is 1. The number of hydrogen-bond acceptors (Lipinski definition) is 5. The van der Waals surface area contributed by atoms with Gasteiger partial charge >= 0.3 is 103 Å². The fourth-order valence-electron chi connectivity index (χ4n) is 2.22. The van der Waals surface area contributed by atoms with Gasteiger partial charge < -0.3 is 24.0 Å². The Bertz CT molecular complexity index is 264. The molecule has 0 amide bonds. The Kier molecular flexibility index (Phi) is 28.2. The van der Waals surface area contributed by atoms with E-state index in [-0.39, 0.29) is 103 Å². The molecule has 122 valence electrons. The Morgan fingerprint density at radius 1 is 0.909 bits per heavy atom. The Morgan fingerprint density at radius 2 is 1.32 bits per heavy atom. The van der Waals surface area contributed by atoms with Gasteiger partial charge in [0.25, 0.3) is 0 Å². The van der Waals surface area contributed by atoms with Crippen LogP contribution in [-0.4, -0.2) is 17.8 Å². The van der Waals surface area contributed by atoms with E-state index in [1.165, 1.54) is 44.9 Å². The second kappa shape index (κ2) is 20.7. The Balaban J connectivity index is -0.00000180. The number of aliphatic hydroxyl groups is 1. The molecule has 0 aliphatic heterocycles. The molecule has 8 heteroatoms. The van der Waals surface area contributed by atoms with Crippen LogP contribution in [0.3, 0.4) is 0 Å². The van der Waals surface area contributed by atoms with Crippen molar-refractivity contribution in [1.29, 1.82) is 0 Å². The topological polar surface area (TPSA) is 92.7 Å². The fourth-order valence-corrected chi connectivity index (χ4v) is 2.76. The molecule has 0 bridgehead atoms. The van der Waals surface area contributed by atoms with Crippen molar-refractivity contribution in [3.63, 3.8) is 0 Å². The molecule has 0 saturated carbocycles. The van der Waals surface area contributed by atoms with Gasteiger partial charge in [0.05, 0.1) is 20.5 Å². The van der Waals surface area contributed by atoms with Gasteiger partial charge in [-0.2, -0.15) is 0 Å². The molecule has 1 atom stereocenters. The summed E-state index contributed by atoms with van der Waals surface area (Å²) < 4.78 is 14.7. The maximum atomic E-state index is 10.4. The Hall–Kier alpha value is 3.34. The minimum absolute atomic E-state index is 0. The Morgan fingerprint density at radius 3 is 1.68 bits per heavy atom. The molecule has 0 aliphatic rings. The van der Waals surface area contributed by atoms with Crippen molar-refractivity contribution in [1.82, 2.24) is 0 Å². The maximum Gasteiger partial charge on any atom is 1.00 e. The number of aliphatic hydroxyl groups excluding tert-OH is 1. The van der Waals surface area contributed by atoms with Crippen LogP contribution in [0, 0.1) is 0 Å². The first-order valence-corrected chi connectivity index (χ1v) is 9.27. The first kappa shape index (κ1) is 30.1. The van der Waals surface area contributed by atoms with Crippen molar-refractivity contribution < 1.29 is 127 Å². The van der Waals surface area contributed by atoms with Gasteiger partial charge in [-0.3, -0.25) is 0 Å². The van der Waals surface area contributed by atoms with Crippen LogP contribution in [-0.2, 0) is 9.09 Å². The molecular weight excluding hydrogens is 357 g/mol. The summed E-state index contributed by atoms with van der Waals surface area (Å²) in [6.45, 7) is 1.79. The molecule has 0 spiro atoms. The molecule has 0 aromatic heterocycles. The van der Waals surface area contributed by atoms with E-state index < -0.39 is 20.5 Å². The van der Waals surface area contributed by atoms with Crippen LogP contribution >= 0.6 is 7.82 Å². The maximum absolute atomic E-state index is 10.4. The van der Waals surface area contributed by atoms with E-state index in [0.29, 0.717) is 6.42 Å². The number of phosphoric acid groups is 1. The molecular formula is C14H29K2O5P. The summed E-state index contributed by atoms with van der Waals surface area (Å²) in [7, 11) is -4.98. The van der Waals surface area contributed by atoms with Gasteiger partial charge in [-0.05, 0) is 6.42 Å². The van der Waals surface area contributed by atoms with E-state index in [2.05, 4.69) is 11.4 Å². The summed E-state index contributed by atoms with van der Waals surface area (Å²) >= 11 is 0. The van der Waals surface area contributed by atoms with E-state index in [1.807, 2.05) is 0 Å². The molecule has 1 N–H and O–H groups in total. The van der Waals surface area contributed by atoms with E-state index >= 15 is 0 Å². The summed E-state index contributed by atoms with van der Waals surface area (Å²) in [5.74, 6) is 0. The minimum Gasteiger partial charge on any atom is -0.790 e. The summed E-state index contributed by atoms with van der Waals surface area (Å²) in [4.78, 5) is 20.8. The van der Waals surface area contributed by atoms with Crippen LogP contribution in [0.25, 0.3) is 0 Å². The zero-order valence-corrected chi connectivity index (χ0v) is 21.7. The van der Waals surface area contributed by atoms with Crippen molar-refractivity contribution in [2.24, 2.45) is 0 Å². The fraction of sp³-hybridized carbons (Fsp3) is 1.00. The van der Waals surface area contributed by atoms with E-state index in [1.54, 1.807) is 0 Å². The van der Waals surface area contributed by atoms with Gasteiger partial charge in [-0.15, -0.1) is 0 Å². The SMILES string of the molecule is CCCCCCCCCCCCC(CO)OP(=O)([O-])[O-].[K+].[K+]. The zero-order chi connectivity index (χ0) is 15.3. The summed E-state index contributed by atoms with van der Waals surface area (Å²) in [5, 5.41) is 8.91. The largest absolute Gasteiger partial charge is 1.00 e. The zero-order valence-electron chi connectivity index (χ0n) is 14.6. The summed E-state index contributed by atoms with van der Waals surface area (Å²) in [6, 6.07) is 0. The van der Waals surface area contributed by atoms with Crippen LogP contribution in [0.5, 0.6) is 0 Å². The quantitative estimate of drug-likeness (QED) is 0.190. The molecule has 0 heterocycles. The Labute approximate surface area is 220 Å². The molecule has 22 heavy (non-hydrogen) atoms. The van der Waals surface area contributed by atoms with E-state index in [9.17, 15) is 14.4 Å². The normalized spacial score (nSPS) is 12.4. The molecule has 0 radical (unpaired) electrons. The van der Waals surface area contributed by atoms with Gasteiger partial charge in [0.1, 0.15) is 0 Å². The second-order valence-corrected chi connectivity index (χ2v) is 6.43. The van der Waals surface area contributed by atoms with Gasteiger partial charge in [-0.25, -0.2) is 0 Å². The van der Waals surface area contributed by atoms with Crippen LogP contribution in [0.15, 0.2) is 0 Å². The van der Waals surface area contributed by atoms with E-state index in [4.69, 9.17) is 5.11 Å². The van der Waals surface area contributed by atoms with Crippen molar-refractivity contribution in [2.45, 2.75) is 83.7 Å². The summed E-state index contributed by atoms with van der Waals surface area (Å²) in [6.07, 6.45) is 11.4. The number of unbranched alkanes of at least 4 members (excludes halogenated alkanes) is 9. The molecule has 0 aromatic carbocycles. The van der Waals surface area contributed by atoms with Crippen LogP contribution in [0.2, 0.25) is 0 Å². The minimum atomic E-state index is -4.98.